The van der Waals surface area contributed by atoms with Gasteiger partial charge in [-0.1, -0.05) is 207 Å². The second-order valence-corrected chi connectivity index (χ2v) is 10.4. The summed E-state index contributed by atoms with van der Waals surface area (Å²) in [6.45, 7) is 13.1. The van der Waals surface area contributed by atoms with Crippen LogP contribution in [-0.2, 0) is 0 Å². The maximum Gasteiger partial charge on any atom is -0.0470 e. The van der Waals surface area contributed by atoms with E-state index in [2.05, 4.69) is 27.7 Å². The lowest BCUT2D eigenvalue weighted by molar-refractivity contribution is 0.526. The molecule has 0 unspecified atom stereocenters. The van der Waals surface area contributed by atoms with Gasteiger partial charge in [-0.15, -0.1) is 0 Å². The second-order valence-electron chi connectivity index (χ2n) is 10.4. The molecule has 0 aliphatic rings. The van der Waals surface area contributed by atoms with Gasteiger partial charge in [-0.3, -0.25) is 0 Å². The van der Waals surface area contributed by atoms with Crippen molar-refractivity contribution in [2.75, 3.05) is 0 Å². The molecule has 0 amide bonds. The van der Waals surface area contributed by atoms with Gasteiger partial charge in [0.1, 0.15) is 0 Å². The van der Waals surface area contributed by atoms with Crippen LogP contribution < -0.4 is 0 Å². The van der Waals surface area contributed by atoms with Gasteiger partial charge in [0, 0.05) is 0 Å². The number of unbranched alkanes of at least 4 members (excludes halogenated alkanes) is 24. The lowest BCUT2D eigenvalue weighted by Crippen LogP contribution is -1.83. The standard InChI is InChI=1S/C20H42.C10H22.C4H8/c1-3-5-7-9-11-13-15-17-19-20-18-16-14-12-10-8-6-4-2;1-3-5-7-9-10-8-6-4-2;1-3-4-2/h3-20H2,1-2H3;3-10H2,1-2H3;3-4H,1-2H3. The van der Waals surface area contributed by atoms with Crippen molar-refractivity contribution in [1.29, 1.82) is 0 Å². The molecule has 0 aliphatic heterocycles. The minimum atomic E-state index is 1.37. The number of rotatable bonds is 24. The van der Waals surface area contributed by atoms with E-state index in [0.717, 1.165) is 0 Å². The fourth-order valence-electron chi connectivity index (χ4n) is 4.18. The van der Waals surface area contributed by atoms with Crippen molar-refractivity contribution in [2.45, 2.75) is 208 Å². The molecule has 0 saturated carbocycles. The predicted octanol–water partition coefficient (Wildman–Crippen LogP) is 13.8. The van der Waals surface area contributed by atoms with Crippen molar-refractivity contribution in [2.24, 2.45) is 0 Å². The van der Waals surface area contributed by atoms with E-state index < -0.39 is 0 Å². The summed E-state index contributed by atoms with van der Waals surface area (Å²) in [6, 6.07) is 0. The quantitative estimate of drug-likeness (QED) is 0.0951. The van der Waals surface area contributed by atoms with E-state index in [1.54, 1.807) is 0 Å². The normalized spacial score (nSPS) is 10.6. The average Bonchev–Trinajstić information content (AvgIpc) is 2.86. The van der Waals surface area contributed by atoms with Gasteiger partial charge in [0.2, 0.25) is 0 Å². The van der Waals surface area contributed by atoms with Gasteiger partial charge in [-0.25, -0.2) is 0 Å². The largest absolute Gasteiger partial charge is 0.0919 e. The number of hydrogen-bond donors (Lipinski definition) is 0. The first-order valence-electron chi connectivity index (χ1n) is 16.3. The van der Waals surface area contributed by atoms with Crippen molar-refractivity contribution >= 4 is 0 Å². The Morgan fingerprint density at radius 3 is 0.441 bits per heavy atom. The van der Waals surface area contributed by atoms with E-state index in [4.69, 9.17) is 0 Å². The first kappa shape index (κ1) is 38.3. The highest BCUT2D eigenvalue weighted by Crippen LogP contribution is 2.14. The van der Waals surface area contributed by atoms with Gasteiger partial charge >= 0.3 is 0 Å². The molecule has 0 aromatic carbocycles. The first-order chi connectivity index (χ1) is 16.7. The molecular formula is C34H72. The maximum absolute atomic E-state index is 2.30. The van der Waals surface area contributed by atoms with Crippen LogP contribution in [0.25, 0.3) is 0 Å². The fourth-order valence-corrected chi connectivity index (χ4v) is 4.18. The van der Waals surface area contributed by atoms with Crippen molar-refractivity contribution in [3.05, 3.63) is 12.2 Å². The molecule has 0 radical (unpaired) electrons. The smallest absolute Gasteiger partial charge is 0.0470 e. The van der Waals surface area contributed by atoms with Gasteiger partial charge in [0.05, 0.1) is 0 Å². The molecule has 34 heavy (non-hydrogen) atoms. The minimum absolute atomic E-state index is 1.37. The highest BCUT2D eigenvalue weighted by atomic mass is 14.0. The summed E-state index contributed by atoms with van der Waals surface area (Å²) in [5.74, 6) is 0. The Hall–Kier alpha value is -0.260. The topological polar surface area (TPSA) is 0 Å². The molecule has 0 rings (SSSR count). The molecule has 0 atom stereocenters. The summed E-state index contributed by atoms with van der Waals surface area (Å²) < 4.78 is 0. The van der Waals surface area contributed by atoms with Gasteiger partial charge < -0.3 is 0 Å². The summed E-state index contributed by atoms with van der Waals surface area (Å²) in [4.78, 5) is 0. The molecule has 0 spiro atoms. The Balaban J connectivity index is -0.000000568. The van der Waals surface area contributed by atoms with E-state index in [1.807, 2.05) is 26.0 Å². The maximum atomic E-state index is 2.30. The van der Waals surface area contributed by atoms with Crippen LogP contribution in [0.15, 0.2) is 12.2 Å². The molecular weight excluding hydrogens is 408 g/mol. The highest BCUT2D eigenvalue weighted by molar-refractivity contribution is 4.68. The van der Waals surface area contributed by atoms with E-state index in [9.17, 15) is 0 Å². The predicted molar refractivity (Wildman–Crippen MR) is 163 cm³/mol. The van der Waals surface area contributed by atoms with Crippen LogP contribution >= 0.6 is 0 Å². The molecule has 0 N–H and O–H groups in total. The van der Waals surface area contributed by atoms with E-state index in [-0.39, 0.29) is 0 Å². The average molecular weight is 481 g/mol. The van der Waals surface area contributed by atoms with Crippen molar-refractivity contribution in [3.8, 4) is 0 Å². The van der Waals surface area contributed by atoms with Crippen LogP contribution in [0.1, 0.15) is 208 Å². The Kier molecular flexibility index (Phi) is 48.2. The minimum Gasteiger partial charge on any atom is -0.0919 e. The highest BCUT2D eigenvalue weighted by Gasteiger charge is 1.94. The van der Waals surface area contributed by atoms with Gasteiger partial charge in [0.25, 0.3) is 0 Å². The SMILES string of the molecule is CC=CC.CCCCCCCCCC.CCCCCCCCCCCCCCCCCCCC. The third-order valence-electron chi connectivity index (χ3n) is 6.75. The van der Waals surface area contributed by atoms with Gasteiger partial charge in [-0.2, -0.15) is 0 Å². The zero-order chi connectivity index (χ0) is 25.8. The molecule has 0 aliphatic carbocycles. The van der Waals surface area contributed by atoms with Crippen LogP contribution in [0.5, 0.6) is 0 Å². The van der Waals surface area contributed by atoms with Gasteiger partial charge in [-0.05, 0) is 13.8 Å². The molecule has 0 nitrogen and oxygen atoms in total. The molecule has 0 fully saturated rings. The lowest BCUT2D eigenvalue weighted by atomic mass is 10.0. The summed E-state index contributed by atoms with van der Waals surface area (Å²) in [5.41, 5.74) is 0. The van der Waals surface area contributed by atoms with Crippen LogP contribution in [-0.4, -0.2) is 0 Å². The molecule has 0 bridgehead atoms. The van der Waals surface area contributed by atoms with Crippen LogP contribution in [0.4, 0.5) is 0 Å². The summed E-state index contributed by atoms with van der Waals surface area (Å²) in [5, 5.41) is 0. The number of hydrogen-bond acceptors (Lipinski definition) is 0. The zero-order valence-corrected chi connectivity index (χ0v) is 25.5. The number of allylic oxidation sites excluding steroid dienone is 2. The zero-order valence-electron chi connectivity index (χ0n) is 25.5. The van der Waals surface area contributed by atoms with Crippen LogP contribution in [0, 0.1) is 0 Å². The lowest BCUT2D eigenvalue weighted by Gasteiger charge is -2.03. The van der Waals surface area contributed by atoms with Gasteiger partial charge in [0.15, 0.2) is 0 Å². The molecule has 208 valence electrons. The molecule has 0 aromatic heterocycles. The van der Waals surface area contributed by atoms with Crippen molar-refractivity contribution in [1.82, 2.24) is 0 Å². The third-order valence-corrected chi connectivity index (χ3v) is 6.75. The summed E-state index contributed by atoms with van der Waals surface area (Å²) in [6.07, 6.45) is 41.9. The molecule has 0 saturated heterocycles. The Labute approximate surface area is 220 Å². The Morgan fingerprint density at radius 2 is 0.353 bits per heavy atom. The summed E-state index contributed by atoms with van der Waals surface area (Å²) >= 11 is 0. The second kappa shape index (κ2) is 42.9. The third kappa shape index (κ3) is 49.0. The van der Waals surface area contributed by atoms with E-state index in [0.29, 0.717) is 0 Å². The first-order valence-corrected chi connectivity index (χ1v) is 16.3. The molecule has 0 heterocycles. The van der Waals surface area contributed by atoms with Crippen molar-refractivity contribution < 1.29 is 0 Å². The van der Waals surface area contributed by atoms with Crippen LogP contribution in [0.2, 0.25) is 0 Å². The van der Waals surface area contributed by atoms with E-state index >= 15 is 0 Å². The van der Waals surface area contributed by atoms with Crippen molar-refractivity contribution in [3.63, 3.8) is 0 Å². The van der Waals surface area contributed by atoms with Crippen LogP contribution in [0.3, 0.4) is 0 Å². The monoisotopic (exact) mass is 481 g/mol. The molecule has 0 heteroatoms. The Morgan fingerprint density at radius 1 is 0.235 bits per heavy atom. The molecule has 0 aromatic rings. The Bertz CT molecular complexity index is 273. The summed E-state index contributed by atoms with van der Waals surface area (Å²) in [7, 11) is 0. The fraction of sp³-hybridized carbons (Fsp3) is 0.941. The van der Waals surface area contributed by atoms with E-state index in [1.165, 1.54) is 167 Å².